The minimum Gasteiger partial charge on any atom is -0.506 e. The van der Waals surface area contributed by atoms with E-state index in [0.717, 1.165) is 56.4 Å². The van der Waals surface area contributed by atoms with Gasteiger partial charge in [-0.3, -0.25) is 9.69 Å². The fourth-order valence-electron chi connectivity index (χ4n) is 7.69. The maximum absolute atomic E-state index is 13.0. The number of piperidine rings is 2. The second-order valence-corrected chi connectivity index (χ2v) is 18.4. The van der Waals surface area contributed by atoms with Crippen molar-refractivity contribution >= 4 is 65.8 Å². The lowest BCUT2D eigenvalue weighted by atomic mass is 9.99. The molecule has 2 N–H and O–H groups in total. The molecule has 0 aliphatic carbocycles. The van der Waals surface area contributed by atoms with E-state index in [9.17, 15) is 27.9 Å². The van der Waals surface area contributed by atoms with Gasteiger partial charge < -0.3 is 29.9 Å². The van der Waals surface area contributed by atoms with Crippen molar-refractivity contribution in [3.05, 3.63) is 56.5 Å². The molecule has 4 heterocycles. The Balaban J connectivity index is 0.000000222. The summed E-state index contributed by atoms with van der Waals surface area (Å²) in [6.45, 7) is 8.04. The summed E-state index contributed by atoms with van der Waals surface area (Å²) < 4.78 is 33.4. The average Bonchev–Trinajstić information content (AvgIpc) is 3.34. The molecule has 0 aromatic heterocycles. The van der Waals surface area contributed by atoms with Crippen LogP contribution in [0.3, 0.4) is 0 Å². The van der Waals surface area contributed by atoms with Crippen LogP contribution in [0, 0.1) is 5.92 Å². The third-order valence-electron chi connectivity index (χ3n) is 10.9. The van der Waals surface area contributed by atoms with E-state index in [2.05, 4.69) is 48.1 Å². The average molecular weight is 900 g/mol. The number of piperazine rings is 1. The van der Waals surface area contributed by atoms with Crippen LogP contribution in [0.1, 0.15) is 43.7 Å². The highest BCUT2D eigenvalue weighted by atomic mass is 79.9. The van der Waals surface area contributed by atoms with Crippen LogP contribution in [0.25, 0.3) is 0 Å². The molecular weight excluding hydrogens is 846 g/mol. The molecule has 54 heavy (non-hydrogen) atoms. The summed E-state index contributed by atoms with van der Waals surface area (Å²) in [4.78, 5) is 44.9. The molecule has 0 saturated carbocycles. The number of likely N-dealkylation sites (tertiary alicyclic amines) is 1. The molecule has 0 radical (unpaired) electrons. The first kappa shape index (κ1) is 42.2. The van der Waals surface area contributed by atoms with E-state index >= 15 is 0 Å². The monoisotopic (exact) mass is 897 g/mol. The van der Waals surface area contributed by atoms with Crippen molar-refractivity contribution in [3.8, 4) is 5.75 Å². The van der Waals surface area contributed by atoms with Crippen molar-refractivity contribution in [2.75, 3.05) is 85.4 Å². The van der Waals surface area contributed by atoms with Crippen LogP contribution < -0.4 is 5.32 Å². The summed E-state index contributed by atoms with van der Waals surface area (Å²) in [6.07, 6.45) is 4.40. The Morgan fingerprint density at radius 2 is 1.50 bits per heavy atom. The maximum Gasteiger partial charge on any atom is 0.409 e. The lowest BCUT2D eigenvalue weighted by molar-refractivity contribution is -0.137. The Kier molecular flexibility index (Phi) is 14.7. The number of carbonyl (C=O) groups is 3. The zero-order valence-corrected chi connectivity index (χ0v) is 35.5. The van der Waals surface area contributed by atoms with Crippen molar-refractivity contribution in [2.24, 2.45) is 5.92 Å². The molecule has 3 fully saturated rings. The smallest absolute Gasteiger partial charge is 0.409 e. The van der Waals surface area contributed by atoms with Crippen molar-refractivity contribution in [1.29, 1.82) is 0 Å². The number of phenols is 1. The van der Waals surface area contributed by atoms with Crippen LogP contribution in [0.4, 0.5) is 15.3 Å². The summed E-state index contributed by atoms with van der Waals surface area (Å²) in [5.74, 6) is 0.162. The Hall–Kier alpha value is -2.96. The first-order chi connectivity index (χ1) is 25.7. The molecule has 4 aliphatic rings. The highest BCUT2D eigenvalue weighted by molar-refractivity contribution is 9.11. The van der Waals surface area contributed by atoms with Gasteiger partial charge in [0.2, 0.25) is 5.91 Å². The van der Waals surface area contributed by atoms with E-state index < -0.39 is 10.2 Å². The molecule has 0 bridgehead atoms. The number of aromatic hydroxyl groups is 1. The fourth-order valence-corrected chi connectivity index (χ4v) is 10.1. The molecule has 4 amide bonds. The van der Waals surface area contributed by atoms with Gasteiger partial charge in [0.15, 0.2) is 0 Å². The summed E-state index contributed by atoms with van der Waals surface area (Å²) >= 11 is 6.69. The molecule has 298 valence electrons. The quantitative estimate of drug-likeness (QED) is 0.403. The number of methoxy groups -OCH3 is 1. The van der Waals surface area contributed by atoms with Crippen LogP contribution >= 0.6 is 31.9 Å². The van der Waals surface area contributed by atoms with Crippen LogP contribution in [-0.4, -0.2) is 152 Å². The van der Waals surface area contributed by atoms with Crippen LogP contribution in [-0.2, 0) is 32.6 Å². The number of phenolic OH excluding ortho intramolecular Hbond substituents is 1. The van der Waals surface area contributed by atoms with Gasteiger partial charge in [-0.2, -0.15) is 17.0 Å². The van der Waals surface area contributed by atoms with E-state index in [4.69, 9.17) is 4.74 Å². The fraction of sp³-hybridized carbons (Fsp3) is 0.595. The lowest BCUT2D eigenvalue weighted by Gasteiger charge is -2.43. The molecule has 14 nitrogen and oxygen atoms in total. The number of rotatable bonds is 7. The molecule has 2 aromatic carbocycles. The van der Waals surface area contributed by atoms with Crippen LogP contribution in [0.15, 0.2) is 45.3 Å². The Bertz CT molecular complexity index is 1720. The number of benzene rings is 2. The zero-order chi connectivity index (χ0) is 39.2. The highest BCUT2D eigenvalue weighted by Gasteiger charge is 2.35. The number of urea groups is 1. The predicted molar refractivity (Wildman–Crippen MR) is 215 cm³/mol. The van der Waals surface area contributed by atoms with Gasteiger partial charge in [0, 0.05) is 96.7 Å². The molecule has 0 spiro atoms. The van der Waals surface area contributed by atoms with E-state index in [1.165, 1.54) is 17.0 Å². The van der Waals surface area contributed by atoms with Crippen molar-refractivity contribution in [2.45, 2.75) is 57.5 Å². The number of para-hydroxylation sites is 1. The summed E-state index contributed by atoms with van der Waals surface area (Å²) in [6, 6.07) is 12.1. The number of nitrogens with zero attached hydrogens (tertiary/aromatic N) is 6. The van der Waals surface area contributed by atoms with Crippen molar-refractivity contribution in [3.63, 3.8) is 0 Å². The predicted octanol–water partition coefficient (Wildman–Crippen LogP) is 4.82. The molecule has 2 aromatic rings. The molecular formula is C37H53Br2N7O7S. The summed E-state index contributed by atoms with van der Waals surface area (Å²) in [5.41, 5.74) is 3.06. The molecule has 6 rings (SSSR count). The molecule has 0 unspecified atom stereocenters. The SMILES string of the molecule is COC(=O)N1CCC(N2CCc3ccccc3NC2=O)CC1.C[C@H](Cc1cc(Br)c(O)c(Br)c1)C(=O)N1CCN(C2CCN(S(=O)(=O)N(C)C)CC2)CC1. The molecule has 3 saturated heterocycles. The third-order valence-corrected chi connectivity index (χ3v) is 14.0. The van der Waals surface area contributed by atoms with Gasteiger partial charge in [0.25, 0.3) is 10.2 Å². The van der Waals surface area contributed by atoms with Crippen molar-refractivity contribution in [1.82, 2.24) is 28.2 Å². The molecule has 17 heteroatoms. The van der Waals surface area contributed by atoms with Gasteiger partial charge in [-0.05, 0) is 99.7 Å². The number of nitrogens with one attached hydrogen (secondary N) is 1. The second-order valence-electron chi connectivity index (χ2n) is 14.5. The number of carbonyl (C=O) groups excluding carboxylic acids is 3. The van der Waals surface area contributed by atoms with Gasteiger partial charge in [-0.1, -0.05) is 25.1 Å². The first-order valence-corrected chi connectivity index (χ1v) is 21.5. The van der Waals surface area contributed by atoms with Crippen LogP contribution in [0.5, 0.6) is 5.75 Å². The number of hydrogen-bond acceptors (Lipinski definition) is 8. The van der Waals surface area contributed by atoms with Gasteiger partial charge in [0.05, 0.1) is 16.1 Å². The second kappa shape index (κ2) is 18.8. The van der Waals surface area contributed by atoms with E-state index in [1.807, 2.05) is 47.1 Å². The minimum atomic E-state index is -3.34. The number of ether oxygens (including phenoxy) is 1. The minimum absolute atomic E-state index is 0.0403. The Morgan fingerprint density at radius 3 is 2.09 bits per heavy atom. The molecule has 1 atom stereocenters. The van der Waals surface area contributed by atoms with Gasteiger partial charge in [0.1, 0.15) is 5.75 Å². The molecule has 4 aliphatic heterocycles. The highest BCUT2D eigenvalue weighted by Crippen LogP contribution is 2.34. The third kappa shape index (κ3) is 10.3. The Labute approximate surface area is 336 Å². The Morgan fingerprint density at radius 1 is 0.907 bits per heavy atom. The van der Waals surface area contributed by atoms with Gasteiger partial charge in [-0.25, -0.2) is 9.59 Å². The normalized spacial score (nSPS) is 20.1. The summed E-state index contributed by atoms with van der Waals surface area (Å²) in [5, 5.41) is 12.9. The van der Waals surface area contributed by atoms with Crippen LogP contribution in [0.2, 0.25) is 0 Å². The van der Waals surface area contributed by atoms with Gasteiger partial charge >= 0.3 is 12.1 Å². The van der Waals surface area contributed by atoms with Crippen molar-refractivity contribution < 1.29 is 32.6 Å². The lowest BCUT2D eigenvalue weighted by Crippen LogP contribution is -2.56. The topological polar surface area (TPSA) is 146 Å². The maximum atomic E-state index is 13.0. The number of hydrogen-bond donors (Lipinski definition) is 2. The standard InChI is InChI=1S/C21H32Br2N4O4S.C16H21N3O3/c1-15(12-16-13-18(22)20(28)19(23)14-16)21(29)26-10-8-25(9-11-26)17-4-6-27(7-5-17)32(30,31)24(2)3;1-22-16(21)18-9-7-13(8-10-18)19-11-6-12-4-2-3-5-14(12)17-15(19)20/h13-15,17,28H,4-12H2,1-3H3;2-5,13H,6-11H2,1H3,(H,17,20)/t15-;/m1./s1. The zero-order valence-electron chi connectivity index (χ0n) is 31.5. The first-order valence-electron chi connectivity index (χ1n) is 18.5. The summed E-state index contributed by atoms with van der Waals surface area (Å²) in [7, 11) is 1.19. The number of fused-ring (bicyclic) bond motifs is 1. The van der Waals surface area contributed by atoms with E-state index in [1.54, 1.807) is 23.3 Å². The number of halogens is 2. The number of amides is 4. The van der Waals surface area contributed by atoms with E-state index in [0.29, 0.717) is 67.2 Å². The largest absolute Gasteiger partial charge is 0.506 e. The van der Waals surface area contributed by atoms with E-state index in [-0.39, 0.29) is 35.7 Å². The van der Waals surface area contributed by atoms with Gasteiger partial charge in [-0.15, -0.1) is 0 Å². The number of anilines is 1.